The van der Waals surface area contributed by atoms with E-state index >= 15 is 0 Å². The van der Waals surface area contributed by atoms with E-state index in [1.165, 1.54) is 5.56 Å². The van der Waals surface area contributed by atoms with Gasteiger partial charge >= 0.3 is 0 Å². The highest BCUT2D eigenvalue weighted by Gasteiger charge is 2.06. The Morgan fingerprint density at radius 2 is 1.81 bits per heavy atom. The van der Waals surface area contributed by atoms with Crippen molar-refractivity contribution in [2.24, 2.45) is 5.73 Å². The third-order valence-electron chi connectivity index (χ3n) is 3.29. The third-order valence-corrected chi connectivity index (χ3v) is 3.29. The van der Waals surface area contributed by atoms with Crippen LogP contribution in [-0.2, 0) is 12.8 Å². The first-order chi connectivity index (χ1) is 10.1. The summed E-state index contributed by atoms with van der Waals surface area (Å²) in [6, 6.07) is 17.9. The molecule has 0 aliphatic carbocycles. The van der Waals surface area contributed by atoms with Crippen molar-refractivity contribution < 1.29 is 4.79 Å². The molecule has 0 radical (unpaired) electrons. The van der Waals surface area contributed by atoms with Crippen molar-refractivity contribution in [2.45, 2.75) is 25.8 Å². The monoisotopic (exact) mass is 282 g/mol. The van der Waals surface area contributed by atoms with Gasteiger partial charge in [-0.2, -0.15) is 0 Å². The van der Waals surface area contributed by atoms with Gasteiger partial charge in [-0.05, 0) is 43.0 Å². The van der Waals surface area contributed by atoms with Crippen LogP contribution in [-0.4, -0.2) is 18.5 Å². The van der Waals surface area contributed by atoms with E-state index in [1.807, 2.05) is 49.4 Å². The van der Waals surface area contributed by atoms with Gasteiger partial charge in [0.05, 0.1) is 0 Å². The van der Waals surface area contributed by atoms with Gasteiger partial charge in [0, 0.05) is 18.2 Å². The molecule has 1 atom stereocenters. The Hall–Kier alpha value is -2.13. The molecule has 0 unspecified atom stereocenters. The summed E-state index contributed by atoms with van der Waals surface area (Å²) >= 11 is 0. The molecule has 3 N–H and O–H groups in total. The fourth-order valence-electron chi connectivity index (χ4n) is 2.28. The highest BCUT2D eigenvalue weighted by atomic mass is 16.1. The number of amides is 1. The number of hydrogen-bond donors (Lipinski definition) is 2. The zero-order valence-corrected chi connectivity index (χ0v) is 12.4. The van der Waals surface area contributed by atoms with Crippen LogP contribution in [0.15, 0.2) is 54.6 Å². The van der Waals surface area contributed by atoms with E-state index in [-0.39, 0.29) is 11.9 Å². The van der Waals surface area contributed by atoms with Crippen molar-refractivity contribution in [3.63, 3.8) is 0 Å². The summed E-state index contributed by atoms with van der Waals surface area (Å²) in [4.78, 5) is 12.1. The summed E-state index contributed by atoms with van der Waals surface area (Å²) in [7, 11) is 0. The molecule has 0 saturated carbocycles. The van der Waals surface area contributed by atoms with Gasteiger partial charge in [-0.15, -0.1) is 0 Å². The molecule has 110 valence electrons. The van der Waals surface area contributed by atoms with E-state index in [9.17, 15) is 4.79 Å². The van der Waals surface area contributed by atoms with Crippen LogP contribution in [0.25, 0.3) is 0 Å². The molecule has 0 aromatic heterocycles. The van der Waals surface area contributed by atoms with Crippen LogP contribution in [0, 0.1) is 0 Å². The Labute approximate surface area is 126 Å². The molecule has 2 rings (SSSR count). The van der Waals surface area contributed by atoms with E-state index in [2.05, 4.69) is 17.4 Å². The smallest absolute Gasteiger partial charge is 0.251 e. The number of hydrogen-bond acceptors (Lipinski definition) is 2. The zero-order valence-electron chi connectivity index (χ0n) is 12.4. The summed E-state index contributed by atoms with van der Waals surface area (Å²) in [6.45, 7) is 2.60. The quantitative estimate of drug-likeness (QED) is 0.855. The summed E-state index contributed by atoms with van der Waals surface area (Å²) in [5.74, 6) is -0.0301. The van der Waals surface area contributed by atoms with Crippen LogP contribution in [0.5, 0.6) is 0 Å². The Morgan fingerprint density at radius 3 is 2.52 bits per heavy atom. The number of rotatable bonds is 6. The molecule has 21 heavy (non-hydrogen) atoms. The lowest BCUT2D eigenvalue weighted by Gasteiger charge is -2.08. The molecule has 0 fully saturated rings. The van der Waals surface area contributed by atoms with Crippen LogP contribution in [0.2, 0.25) is 0 Å². The summed E-state index contributed by atoms with van der Waals surface area (Å²) in [5.41, 5.74) is 8.81. The summed E-state index contributed by atoms with van der Waals surface area (Å²) < 4.78 is 0. The lowest BCUT2D eigenvalue weighted by Crippen LogP contribution is -2.26. The van der Waals surface area contributed by atoms with Gasteiger partial charge in [0.1, 0.15) is 0 Å². The predicted octanol–water partition coefficient (Wildman–Crippen LogP) is 2.55. The van der Waals surface area contributed by atoms with Gasteiger partial charge in [0.25, 0.3) is 5.91 Å². The minimum Gasteiger partial charge on any atom is -0.352 e. The molecule has 0 spiro atoms. The Kier molecular flexibility index (Phi) is 5.52. The van der Waals surface area contributed by atoms with Crippen molar-refractivity contribution in [2.75, 3.05) is 6.54 Å². The first kappa shape index (κ1) is 15.3. The summed E-state index contributed by atoms with van der Waals surface area (Å²) in [6.07, 6.45) is 1.62. The van der Waals surface area contributed by atoms with Crippen molar-refractivity contribution >= 4 is 5.91 Å². The first-order valence-electron chi connectivity index (χ1n) is 7.32. The van der Waals surface area contributed by atoms with Gasteiger partial charge < -0.3 is 11.1 Å². The maximum atomic E-state index is 12.1. The topological polar surface area (TPSA) is 55.1 Å². The van der Waals surface area contributed by atoms with Crippen LogP contribution in [0.3, 0.4) is 0 Å². The molecule has 2 aromatic rings. The number of nitrogens with two attached hydrogens (primary N) is 1. The Balaban J connectivity index is 1.88. The second-order valence-corrected chi connectivity index (χ2v) is 5.37. The maximum Gasteiger partial charge on any atom is 0.251 e. The van der Waals surface area contributed by atoms with Crippen molar-refractivity contribution in [3.05, 3.63) is 71.3 Å². The second kappa shape index (κ2) is 7.60. The molecule has 0 bridgehead atoms. The molecular formula is C18H22N2O. The van der Waals surface area contributed by atoms with Crippen LogP contribution < -0.4 is 11.1 Å². The molecule has 0 aliphatic rings. The van der Waals surface area contributed by atoms with E-state index in [0.717, 1.165) is 18.4 Å². The summed E-state index contributed by atoms with van der Waals surface area (Å²) in [5, 5.41) is 2.96. The number of benzene rings is 2. The average Bonchev–Trinajstić information content (AvgIpc) is 2.48. The van der Waals surface area contributed by atoms with Gasteiger partial charge in [-0.25, -0.2) is 0 Å². The van der Waals surface area contributed by atoms with Gasteiger partial charge in [-0.3, -0.25) is 4.79 Å². The zero-order chi connectivity index (χ0) is 15.1. The molecule has 0 heterocycles. The number of carbonyl (C=O) groups excluding carboxylic acids is 1. The van der Waals surface area contributed by atoms with E-state index in [4.69, 9.17) is 5.73 Å². The molecule has 1 amide bonds. The lowest BCUT2D eigenvalue weighted by molar-refractivity contribution is 0.0954. The van der Waals surface area contributed by atoms with Crippen LogP contribution in [0.1, 0.15) is 28.4 Å². The van der Waals surface area contributed by atoms with Gasteiger partial charge in [-0.1, -0.05) is 42.5 Å². The lowest BCUT2D eigenvalue weighted by atomic mass is 10.0. The molecule has 0 aliphatic heterocycles. The van der Waals surface area contributed by atoms with E-state index < -0.39 is 0 Å². The maximum absolute atomic E-state index is 12.1. The highest BCUT2D eigenvalue weighted by molar-refractivity contribution is 5.94. The van der Waals surface area contributed by atoms with Crippen molar-refractivity contribution in [3.8, 4) is 0 Å². The average molecular weight is 282 g/mol. The first-order valence-corrected chi connectivity index (χ1v) is 7.32. The number of carbonyl (C=O) groups is 1. The second-order valence-electron chi connectivity index (χ2n) is 5.37. The van der Waals surface area contributed by atoms with Crippen molar-refractivity contribution in [1.29, 1.82) is 0 Å². The van der Waals surface area contributed by atoms with E-state index in [1.54, 1.807) is 0 Å². The molecule has 2 aromatic carbocycles. The minimum atomic E-state index is -0.0301. The van der Waals surface area contributed by atoms with Gasteiger partial charge in [0.15, 0.2) is 0 Å². The highest BCUT2D eigenvalue weighted by Crippen LogP contribution is 2.07. The van der Waals surface area contributed by atoms with Crippen molar-refractivity contribution in [1.82, 2.24) is 5.32 Å². The molecule has 0 saturated heterocycles. The fraction of sp³-hybridized carbons (Fsp3) is 0.278. The minimum absolute atomic E-state index is 0.0301. The molecule has 3 nitrogen and oxygen atoms in total. The molecular weight excluding hydrogens is 260 g/mol. The normalized spacial score (nSPS) is 11.9. The fourth-order valence-corrected chi connectivity index (χ4v) is 2.28. The SMILES string of the molecule is C[C@@H](N)Cc1cccc(C(=O)NCCc2ccccc2)c1. The largest absolute Gasteiger partial charge is 0.352 e. The predicted molar refractivity (Wildman–Crippen MR) is 86.3 cm³/mol. The number of nitrogens with one attached hydrogen (secondary N) is 1. The Morgan fingerprint density at radius 1 is 1.10 bits per heavy atom. The van der Waals surface area contributed by atoms with Crippen LogP contribution in [0.4, 0.5) is 0 Å². The molecule has 3 heteroatoms. The van der Waals surface area contributed by atoms with E-state index in [0.29, 0.717) is 12.1 Å². The van der Waals surface area contributed by atoms with Crippen LogP contribution >= 0.6 is 0 Å². The standard InChI is InChI=1S/C18H22N2O/c1-14(19)12-16-8-5-9-17(13-16)18(21)20-11-10-15-6-3-2-4-7-15/h2-9,13-14H,10-12,19H2,1H3,(H,20,21)/t14-/m1/s1. The Bertz CT molecular complexity index is 579. The third kappa shape index (κ3) is 5.04. The van der Waals surface area contributed by atoms with Gasteiger partial charge in [0.2, 0.25) is 0 Å².